The van der Waals surface area contributed by atoms with Gasteiger partial charge in [-0.3, -0.25) is 0 Å². The summed E-state index contributed by atoms with van der Waals surface area (Å²) in [6, 6.07) is 3.89. The van der Waals surface area contributed by atoms with Gasteiger partial charge in [-0.05, 0) is 37.1 Å². The van der Waals surface area contributed by atoms with Crippen molar-refractivity contribution in [3.63, 3.8) is 0 Å². The molecule has 0 amide bonds. The van der Waals surface area contributed by atoms with Crippen LogP contribution < -0.4 is 19.5 Å². The second-order valence-electron chi connectivity index (χ2n) is 4.56. The Morgan fingerprint density at radius 3 is 3.00 bits per heavy atom. The number of ether oxygens (including phenoxy) is 3. The number of rotatable bonds is 7. The average molecular weight is 267 g/mol. The minimum Gasteiger partial charge on any atom is -0.493 e. The van der Waals surface area contributed by atoms with E-state index in [0.29, 0.717) is 18.0 Å². The summed E-state index contributed by atoms with van der Waals surface area (Å²) in [7, 11) is 1.62. The first-order valence-electron chi connectivity index (χ1n) is 6.60. The Hall–Kier alpha value is -1.46. The number of fused-ring (bicyclic) bond motifs is 1. The van der Waals surface area contributed by atoms with Gasteiger partial charge >= 0.3 is 0 Å². The van der Waals surface area contributed by atoms with Crippen molar-refractivity contribution in [2.24, 2.45) is 0 Å². The van der Waals surface area contributed by atoms with Gasteiger partial charge in [-0.1, -0.05) is 6.92 Å². The van der Waals surface area contributed by atoms with Crippen molar-refractivity contribution in [2.75, 3.05) is 20.4 Å². The quantitative estimate of drug-likeness (QED) is 0.736. The van der Waals surface area contributed by atoms with Gasteiger partial charge in [0.1, 0.15) is 0 Å². The van der Waals surface area contributed by atoms with Crippen molar-refractivity contribution in [2.45, 2.75) is 32.4 Å². The molecular formula is C14H21NO4. The minimum absolute atomic E-state index is 0.223. The lowest BCUT2D eigenvalue weighted by molar-refractivity contribution is 0.159. The zero-order valence-electron chi connectivity index (χ0n) is 11.4. The number of hydrogen-bond acceptors (Lipinski definition) is 5. The lowest BCUT2D eigenvalue weighted by atomic mass is 10.1. The summed E-state index contributed by atoms with van der Waals surface area (Å²) in [5.74, 6) is 2.10. The molecule has 5 heteroatoms. The molecule has 0 saturated carbocycles. The molecule has 1 heterocycles. The molecular weight excluding hydrogens is 246 g/mol. The molecule has 1 aliphatic rings. The molecule has 106 valence electrons. The Morgan fingerprint density at radius 1 is 1.42 bits per heavy atom. The SMILES string of the molecule is CCC(O)CCNCc1cc(OC)c2c(c1)OCO2. The second kappa shape index (κ2) is 6.63. The van der Waals surface area contributed by atoms with Gasteiger partial charge in [-0.2, -0.15) is 0 Å². The molecule has 2 rings (SSSR count). The molecule has 0 bridgehead atoms. The Kier molecular flexibility index (Phi) is 4.87. The predicted molar refractivity (Wildman–Crippen MR) is 71.7 cm³/mol. The highest BCUT2D eigenvalue weighted by atomic mass is 16.7. The maximum Gasteiger partial charge on any atom is 0.231 e. The van der Waals surface area contributed by atoms with Crippen molar-refractivity contribution < 1.29 is 19.3 Å². The van der Waals surface area contributed by atoms with Gasteiger partial charge < -0.3 is 24.6 Å². The van der Waals surface area contributed by atoms with E-state index in [-0.39, 0.29) is 12.9 Å². The van der Waals surface area contributed by atoms with Gasteiger partial charge in [0.05, 0.1) is 13.2 Å². The molecule has 1 aromatic rings. The molecule has 5 nitrogen and oxygen atoms in total. The molecule has 0 saturated heterocycles. The summed E-state index contributed by atoms with van der Waals surface area (Å²) in [5, 5.41) is 12.8. The third-order valence-electron chi connectivity index (χ3n) is 3.17. The van der Waals surface area contributed by atoms with Crippen LogP contribution in [-0.2, 0) is 6.54 Å². The normalized spacial score (nSPS) is 14.5. The number of benzene rings is 1. The average Bonchev–Trinajstić information content (AvgIpc) is 2.90. The molecule has 2 N–H and O–H groups in total. The monoisotopic (exact) mass is 267 g/mol. The highest BCUT2D eigenvalue weighted by Gasteiger charge is 2.19. The van der Waals surface area contributed by atoms with E-state index in [2.05, 4.69) is 5.32 Å². The van der Waals surface area contributed by atoms with E-state index in [4.69, 9.17) is 14.2 Å². The van der Waals surface area contributed by atoms with Crippen LogP contribution in [0.5, 0.6) is 17.2 Å². The molecule has 1 aliphatic heterocycles. The molecule has 0 aliphatic carbocycles. The number of aliphatic hydroxyl groups is 1. The molecule has 1 atom stereocenters. The Labute approximate surface area is 113 Å². The van der Waals surface area contributed by atoms with Crippen LogP contribution in [0, 0.1) is 0 Å². The molecule has 0 aromatic heterocycles. The Bertz CT molecular complexity index is 422. The van der Waals surface area contributed by atoms with Crippen LogP contribution in [0.3, 0.4) is 0 Å². The molecule has 0 radical (unpaired) electrons. The van der Waals surface area contributed by atoms with Crippen molar-refractivity contribution in [1.29, 1.82) is 0 Å². The van der Waals surface area contributed by atoms with Crippen molar-refractivity contribution in [1.82, 2.24) is 5.32 Å². The van der Waals surface area contributed by atoms with Gasteiger partial charge in [0.2, 0.25) is 12.5 Å². The Morgan fingerprint density at radius 2 is 2.26 bits per heavy atom. The molecule has 1 aromatic carbocycles. The fraction of sp³-hybridized carbons (Fsp3) is 0.571. The summed E-state index contributed by atoms with van der Waals surface area (Å²) < 4.78 is 16.0. The van der Waals surface area contributed by atoms with Crippen LogP contribution in [0.2, 0.25) is 0 Å². The van der Waals surface area contributed by atoms with E-state index in [9.17, 15) is 5.11 Å². The lowest BCUT2D eigenvalue weighted by Crippen LogP contribution is -2.19. The zero-order valence-corrected chi connectivity index (χ0v) is 11.4. The van der Waals surface area contributed by atoms with E-state index < -0.39 is 0 Å². The highest BCUT2D eigenvalue weighted by molar-refractivity contribution is 5.55. The van der Waals surface area contributed by atoms with Gasteiger partial charge in [0.25, 0.3) is 0 Å². The first-order chi connectivity index (χ1) is 9.24. The zero-order chi connectivity index (χ0) is 13.7. The number of aliphatic hydroxyl groups excluding tert-OH is 1. The Balaban J connectivity index is 1.90. The van der Waals surface area contributed by atoms with Crippen LogP contribution in [0.15, 0.2) is 12.1 Å². The number of methoxy groups -OCH3 is 1. The van der Waals surface area contributed by atoms with Gasteiger partial charge in [-0.15, -0.1) is 0 Å². The van der Waals surface area contributed by atoms with E-state index in [1.807, 2.05) is 19.1 Å². The molecule has 19 heavy (non-hydrogen) atoms. The summed E-state index contributed by atoms with van der Waals surface area (Å²) >= 11 is 0. The van der Waals surface area contributed by atoms with Crippen LogP contribution in [0.1, 0.15) is 25.3 Å². The van der Waals surface area contributed by atoms with Gasteiger partial charge in [-0.25, -0.2) is 0 Å². The summed E-state index contributed by atoms with van der Waals surface area (Å²) in [6.07, 6.45) is 1.33. The summed E-state index contributed by atoms with van der Waals surface area (Å²) in [6.45, 7) is 3.72. The maximum atomic E-state index is 9.47. The molecule has 0 fully saturated rings. The maximum absolute atomic E-state index is 9.47. The van der Waals surface area contributed by atoms with E-state index in [1.54, 1.807) is 7.11 Å². The first-order valence-corrected chi connectivity index (χ1v) is 6.60. The molecule has 0 spiro atoms. The van der Waals surface area contributed by atoms with Crippen molar-refractivity contribution in [3.05, 3.63) is 17.7 Å². The third kappa shape index (κ3) is 3.52. The van der Waals surface area contributed by atoms with Crippen molar-refractivity contribution in [3.8, 4) is 17.2 Å². The van der Waals surface area contributed by atoms with E-state index in [0.717, 1.165) is 30.7 Å². The van der Waals surface area contributed by atoms with E-state index >= 15 is 0 Å². The smallest absolute Gasteiger partial charge is 0.231 e. The summed E-state index contributed by atoms with van der Waals surface area (Å²) in [4.78, 5) is 0. The summed E-state index contributed by atoms with van der Waals surface area (Å²) in [5.41, 5.74) is 1.08. The van der Waals surface area contributed by atoms with Crippen LogP contribution >= 0.6 is 0 Å². The second-order valence-corrected chi connectivity index (χ2v) is 4.56. The van der Waals surface area contributed by atoms with Crippen LogP contribution in [0.4, 0.5) is 0 Å². The number of hydrogen-bond donors (Lipinski definition) is 2. The first kappa shape index (κ1) is 14.0. The number of nitrogens with one attached hydrogen (secondary N) is 1. The van der Waals surface area contributed by atoms with E-state index in [1.165, 1.54) is 0 Å². The third-order valence-corrected chi connectivity index (χ3v) is 3.17. The molecule has 1 unspecified atom stereocenters. The van der Waals surface area contributed by atoms with Crippen LogP contribution in [0.25, 0.3) is 0 Å². The van der Waals surface area contributed by atoms with Gasteiger partial charge in [0.15, 0.2) is 11.5 Å². The van der Waals surface area contributed by atoms with Crippen LogP contribution in [-0.4, -0.2) is 31.7 Å². The topological polar surface area (TPSA) is 60.0 Å². The van der Waals surface area contributed by atoms with Gasteiger partial charge in [0, 0.05) is 6.54 Å². The lowest BCUT2D eigenvalue weighted by Gasteiger charge is -2.11. The standard InChI is InChI=1S/C14H21NO4/c1-3-11(16)4-5-15-8-10-6-12(17-2)14-13(7-10)18-9-19-14/h6-7,11,15-16H,3-5,8-9H2,1-2H3. The highest BCUT2D eigenvalue weighted by Crippen LogP contribution is 2.41. The van der Waals surface area contributed by atoms with Crippen molar-refractivity contribution >= 4 is 0 Å². The fourth-order valence-electron chi connectivity index (χ4n) is 1.99. The fourth-order valence-corrected chi connectivity index (χ4v) is 1.99. The minimum atomic E-state index is -0.223. The predicted octanol–water partition coefficient (Wildman–Crippen LogP) is 1.67. The largest absolute Gasteiger partial charge is 0.493 e.